The summed E-state index contributed by atoms with van der Waals surface area (Å²) in [5.74, 6) is -0.460. The topological polar surface area (TPSA) is 139 Å². The smallest absolute Gasteiger partial charge is 0.408 e. The fourth-order valence-corrected chi connectivity index (χ4v) is 6.02. The van der Waals surface area contributed by atoms with E-state index in [0.29, 0.717) is 42.0 Å². The summed E-state index contributed by atoms with van der Waals surface area (Å²) in [4.78, 5) is 45.7. The van der Waals surface area contributed by atoms with E-state index in [1.807, 2.05) is 75.4 Å². The Morgan fingerprint density at radius 3 is 2.40 bits per heavy atom. The monoisotopic (exact) mass is 678 g/mol. The van der Waals surface area contributed by atoms with Crippen LogP contribution in [-0.4, -0.2) is 81.4 Å². The van der Waals surface area contributed by atoms with E-state index in [1.54, 1.807) is 32.8 Å². The van der Waals surface area contributed by atoms with Crippen molar-refractivity contribution in [2.24, 2.45) is 5.92 Å². The number of aliphatic carboxylic acids is 1. The van der Waals surface area contributed by atoms with Gasteiger partial charge in [-0.3, -0.25) is 4.79 Å². The second-order valence-corrected chi connectivity index (χ2v) is 13.7. The number of carboxylic acids is 1. The first-order valence-electron chi connectivity index (χ1n) is 16.2. The van der Waals surface area contributed by atoms with Gasteiger partial charge in [-0.05, 0) is 45.2 Å². The predicted octanol–water partition coefficient (Wildman–Crippen LogP) is 5.98. The molecule has 0 saturated carbocycles. The van der Waals surface area contributed by atoms with Gasteiger partial charge in [0.15, 0.2) is 0 Å². The number of fused-ring (bicyclic) bond motifs is 1. The van der Waals surface area contributed by atoms with Crippen molar-refractivity contribution in [3.63, 3.8) is 0 Å². The number of carboxylic acid groups (broad SMARTS) is 1. The minimum atomic E-state index is -1.03. The fourth-order valence-electron chi connectivity index (χ4n) is 5.65. The third kappa shape index (κ3) is 9.12. The Bertz CT molecular complexity index is 1630. The molecule has 48 heavy (non-hydrogen) atoms. The molecule has 1 aliphatic heterocycles. The van der Waals surface area contributed by atoms with Crippen molar-refractivity contribution in [3.05, 3.63) is 54.6 Å². The van der Waals surface area contributed by atoms with Crippen LogP contribution in [0.25, 0.3) is 22.2 Å². The molecule has 0 radical (unpaired) electrons. The highest BCUT2D eigenvalue weighted by molar-refractivity contribution is 7.80. The van der Waals surface area contributed by atoms with Crippen molar-refractivity contribution < 1.29 is 33.7 Å². The van der Waals surface area contributed by atoms with Crippen LogP contribution in [-0.2, 0) is 14.3 Å². The van der Waals surface area contributed by atoms with Gasteiger partial charge < -0.3 is 34.9 Å². The first-order chi connectivity index (χ1) is 22.7. The molecule has 4 rings (SSSR count). The number of aromatic nitrogens is 1. The van der Waals surface area contributed by atoms with Gasteiger partial charge in [-0.1, -0.05) is 69.7 Å². The lowest BCUT2D eigenvalue weighted by molar-refractivity contribution is -0.139. The van der Waals surface area contributed by atoms with Crippen molar-refractivity contribution in [1.82, 2.24) is 20.5 Å². The summed E-state index contributed by atoms with van der Waals surface area (Å²) < 4.78 is 17.6. The lowest BCUT2D eigenvalue weighted by Gasteiger charge is -2.32. The molecule has 2 aromatic carbocycles. The SMILES string of the molecule is CCC[C@H](NC(=S)[C@@H]1C[C@@H](Oc2cc(-c3ccccc3)nc3cc(OC)ccc23)CN1C(=O)[C@@H](NC(=O)OC(C)(C)C)C(C)C)C(=O)O. The summed E-state index contributed by atoms with van der Waals surface area (Å²) >= 11 is 5.78. The molecule has 1 fully saturated rings. The molecule has 4 atom stereocenters. The number of carbonyl (C=O) groups is 3. The molecule has 3 aromatic rings. The number of methoxy groups -OCH3 is 1. The summed E-state index contributed by atoms with van der Waals surface area (Å²) in [6.45, 7) is 11.0. The van der Waals surface area contributed by atoms with Crippen LogP contribution < -0.4 is 20.1 Å². The number of hydrogen-bond acceptors (Lipinski definition) is 8. The number of thiocarbonyl (C=S) groups is 1. The van der Waals surface area contributed by atoms with Gasteiger partial charge in [0.25, 0.3) is 0 Å². The van der Waals surface area contributed by atoms with Crippen molar-refractivity contribution in [2.75, 3.05) is 13.7 Å². The Kier molecular flexibility index (Phi) is 11.9. The van der Waals surface area contributed by atoms with Crippen LogP contribution in [0, 0.1) is 5.92 Å². The van der Waals surface area contributed by atoms with E-state index < -0.39 is 41.9 Å². The van der Waals surface area contributed by atoms with E-state index in [1.165, 1.54) is 0 Å². The van der Waals surface area contributed by atoms with Gasteiger partial charge in [-0.25, -0.2) is 14.6 Å². The van der Waals surface area contributed by atoms with E-state index in [-0.39, 0.29) is 23.4 Å². The predicted molar refractivity (Wildman–Crippen MR) is 188 cm³/mol. The second kappa shape index (κ2) is 15.6. The first kappa shape index (κ1) is 36.4. The summed E-state index contributed by atoms with van der Waals surface area (Å²) in [7, 11) is 1.60. The number of nitrogens with one attached hydrogen (secondary N) is 2. The average Bonchev–Trinajstić information content (AvgIpc) is 3.46. The van der Waals surface area contributed by atoms with Crippen LogP contribution in [0.2, 0.25) is 0 Å². The van der Waals surface area contributed by atoms with Gasteiger partial charge in [0.1, 0.15) is 35.3 Å². The Labute approximate surface area is 287 Å². The molecule has 3 N–H and O–H groups in total. The summed E-state index contributed by atoms with van der Waals surface area (Å²) in [5.41, 5.74) is 1.53. The molecule has 0 spiro atoms. The molecule has 1 aliphatic rings. The number of likely N-dealkylation sites (tertiary alicyclic amines) is 1. The zero-order valence-corrected chi connectivity index (χ0v) is 29.4. The maximum absolute atomic E-state index is 14.2. The van der Waals surface area contributed by atoms with Gasteiger partial charge in [0, 0.05) is 29.5 Å². The summed E-state index contributed by atoms with van der Waals surface area (Å²) in [5, 5.41) is 16.3. The number of carbonyl (C=O) groups excluding carboxylic acids is 2. The second-order valence-electron chi connectivity index (χ2n) is 13.3. The molecular weight excluding hydrogens is 632 g/mol. The van der Waals surface area contributed by atoms with Crippen LogP contribution in [0.15, 0.2) is 54.6 Å². The van der Waals surface area contributed by atoms with Crippen molar-refractivity contribution in [1.29, 1.82) is 0 Å². The molecule has 0 aliphatic carbocycles. The van der Waals surface area contributed by atoms with Crippen LogP contribution >= 0.6 is 12.2 Å². The minimum absolute atomic E-state index is 0.149. The quantitative estimate of drug-likeness (QED) is 0.196. The molecule has 1 aromatic heterocycles. The normalized spacial score (nSPS) is 17.5. The number of pyridine rings is 1. The highest BCUT2D eigenvalue weighted by Crippen LogP contribution is 2.35. The van der Waals surface area contributed by atoms with E-state index in [2.05, 4.69) is 10.6 Å². The van der Waals surface area contributed by atoms with Crippen molar-refractivity contribution in [2.45, 2.75) is 90.6 Å². The Morgan fingerprint density at radius 2 is 1.79 bits per heavy atom. The number of amides is 2. The van der Waals surface area contributed by atoms with Crippen LogP contribution in [0.4, 0.5) is 4.79 Å². The lowest BCUT2D eigenvalue weighted by Crippen LogP contribution is -2.56. The largest absolute Gasteiger partial charge is 0.497 e. The third-order valence-electron chi connectivity index (χ3n) is 7.99. The third-order valence-corrected chi connectivity index (χ3v) is 8.38. The summed E-state index contributed by atoms with van der Waals surface area (Å²) in [6, 6.07) is 14.7. The number of alkyl carbamates (subject to hydrolysis) is 1. The van der Waals surface area contributed by atoms with Crippen LogP contribution in [0.1, 0.15) is 60.8 Å². The van der Waals surface area contributed by atoms with Gasteiger partial charge in [-0.15, -0.1) is 0 Å². The fraction of sp³-hybridized carbons (Fsp3) is 0.472. The molecule has 11 nitrogen and oxygen atoms in total. The highest BCUT2D eigenvalue weighted by atomic mass is 32.1. The number of nitrogens with zero attached hydrogens (tertiary/aromatic N) is 2. The Balaban J connectivity index is 1.70. The number of ether oxygens (including phenoxy) is 3. The maximum Gasteiger partial charge on any atom is 0.408 e. The standard InChI is InChI=1S/C36H46N4O7S/c1-8-12-26(34(42)43)38-32(48)29-18-24(20-40(29)33(41)31(21(2)3)39-35(44)47-36(4,5)6)46-30-19-27(22-13-10-9-11-14-22)37-28-17-23(45-7)15-16-25(28)30/h9-11,13-17,19,21,24,26,29,31H,8,12,18,20H2,1-7H3,(H,38,48)(H,39,44)(H,42,43)/t24-,26+,29+,31+/m1/s1. The molecule has 12 heteroatoms. The molecule has 0 unspecified atom stereocenters. The van der Waals surface area contributed by atoms with Crippen molar-refractivity contribution in [3.8, 4) is 22.8 Å². The Hall–Kier alpha value is -4.45. The van der Waals surface area contributed by atoms with Gasteiger partial charge in [0.05, 0.1) is 35.9 Å². The first-order valence-corrected chi connectivity index (χ1v) is 16.7. The van der Waals surface area contributed by atoms with E-state index in [4.69, 9.17) is 31.4 Å². The summed E-state index contributed by atoms with van der Waals surface area (Å²) in [6.07, 6.45) is 0.0662. The van der Waals surface area contributed by atoms with Gasteiger partial charge in [-0.2, -0.15) is 0 Å². The minimum Gasteiger partial charge on any atom is -0.497 e. The number of rotatable bonds is 12. The van der Waals surface area contributed by atoms with E-state index in [0.717, 1.165) is 10.9 Å². The van der Waals surface area contributed by atoms with Crippen molar-refractivity contribution >= 4 is 46.1 Å². The van der Waals surface area contributed by atoms with Crippen LogP contribution in [0.3, 0.4) is 0 Å². The van der Waals surface area contributed by atoms with E-state index >= 15 is 0 Å². The molecule has 258 valence electrons. The maximum atomic E-state index is 14.2. The van der Waals surface area contributed by atoms with E-state index in [9.17, 15) is 19.5 Å². The number of benzene rings is 2. The Morgan fingerprint density at radius 1 is 1.08 bits per heavy atom. The van der Waals surface area contributed by atoms with Gasteiger partial charge >= 0.3 is 12.1 Å². The molecule has 2 amide bonds. The van der Waals surface area contributed by atoms with Crippen LogP contribution in [0.5, 0.6) is 11.5 Å². The average molecular weight is 679 g/mol. The zero-order chi connectivity index (χ0) is 35.2. The molecule has 1 saturated heterocycles. The number of hydrogen-bond donors (Lipinski definition) is 3. The zero-order valence-electron chi connectivity index (χ0n) is 28.6. The molecule has 0 bridgehead atoms. The van der Waals surface area contributed by atoms with Gasteiger partial charge in [0.2, 0.25) is 5.91 Å². The lowest BCUT2D eigenvalue weighted by atomic mass is 10.0. The molecular formula is C36H46N4O7S. The highest BCUT2D eigenvalue weighted by Gasteiger charge is 2.43. The molecule has 2 heterocycles.